The second-order valence-corrected chi connectivity index (χ2v) is 7.00. The lowest BCUT2D eigenvalue weighted by molar-refractivity contribution is -0.144. The number of H-pyrrole nitrogens is 1. The number of aromatic nitrogens is 3. The molecule has 1 unspecified atom stereocenters. The Morgan fingerprint density at radius 1 is 1.18 bits per heavy atom. The van der Waals surface area contributed by atoms with E-state index in [4.69, 9.17) is 16.6 Å². The van der Waals surface area contributed by atoms with Crippen molar-refractivity contribution in [3.05, 3.63) is 77.3 Å². The average Bonchev–Trinajstić information content (AvgIpc) is 3.20. The molecule has 7 nitrogen and oxygen atoms in total. The molecule has 0 radical (unpaired) electrons. The molecule has 6 N–H and O–H groups in total. The highest BCUT2D eigenvalue weighted by Gasteiger charge is 2.34. The second-order valence-electron chi connectivity index (χ2n) is 7.00. The predicted octanol–water partition coefficient (Wildman–Crippen LogP) is 4.80. The van der Waals surface area contributed by atoms with Gasteiger partial charge >= 0.3 is 6.18 Å². The lowest BCUT2D eigenvalue weighted by atomic mass is 9.98. The van der Waals surface area contributed by atoms with E-state index in [0.717, 1.165) is 24.7 Å². The number of nitrogens with one attached hydrogen (secondary N) is 4. The molecule has 0 spiro atoms. The Labute approximate surface area is 184 Å². The molecule has 1 atom stereocenters. The van der Waals surface area contributed by atoms with E-state index in [1.165, 1.54) is 12.3 Å². The Morgan fingerprint density at radius 3 is 2.39 bits per heavy atom. The van der Waals surface area contributed by atoms with E-state index in [0.29, 0.717) is 22.9 Å². The van der Waals surface area contributed by atoms with Crippen LogP contribution in [0, 0.1) is 22.5 Å². The Bertz CT molecular complexity index is 1210. The molecule has 0 saturated heterocycles. The minimum atomic E-state index is -4.69. The number of aromatic amines is 1. The van der Waals surface area contributed by atoms with E-state index in [9.17, 15) is 22.0 Å². The third kappa shape index (κ3) is 5.22. The molecule has 0 bridgehead atoms. The van der Waals surface area contributed by atoms with Crippen LogP contribution in [0.2, 0.25) is 0 Å². The first-order chi connectivity index (χ1) is 15.5. The van der Waals surface area contributed by atoms with Gasteiger partial charge in [0.15, 0.2) is 0 Å². The fourth-order valence-electron chi connectivity index (χ4n) is 3.00. The summed E-state index contributed by atoms with van der Waals surface area (Å²) in [6.07, 6.45) is -0.351. The van der Waals surface area contributed by atoms with Gasteiger partial charge in [0.2, 0.25) is 5.82 Å². The van der Waals surface area contributed by atoms with E-state index in [2.05, 4.69) is 20.3 Å². The van der Waals surface area contributed by atoms with Crippen LogP contribution in [0.4, 0.5) is 27.6 Å². The molecule has 0 aliphatic carbocycles. The van der Waals surface area contributed by atoms with E-state index in [1.807, 2.05) is 0 Å². The number of allylic oxidation sites excluding steroid dienone is 1. The maximum absolute atomic E-state index is 13.8. The van der Waals surface area contributed by atoms with Gasteiger partial charge < -0.3 is 21.4 Å². The number of halogens is 5. The summed E-state index contributed by atoms with van der Waals surface area (Å²) >= 11 is 0. The van der Waals surface area contributed by atoms with Gasteiger partial charge in [-0.25, -0.2) is 18.7 Å². The molecular weight excluding hydrogens is 445 g/mol. The molecular formula is C21H18F5N7. The summed E-state index contributed by atoms with van der Waals surface area (Å²) in [6, 6.07) is 4.56. The molecule has 33 heavy (non-hydrogen) atoms. The standard InChI is InChI=1S/C21H18F5N7/c1-10(11(6-27)7-30-16-3-2-13(22)4-15(16)23)17-5-14(18(33-17)19(28)29)12-8-31-20(32-9-12)21(24,25)26/h2-10,27,30,33H,1H3,(H3,28,29)/b11-7+,27-6?. The average molecular weight is 463 g/mol. The molecule has 0 fully saturated rings. The number of alkyl halides is 3. The molecule has 12 heteroatoms. The Morgan fingerprint density at radius 2 is 1.85 bits per heavy atom. The van der Waals surface area contributed by atoms with Gasteiger partial charge in [-0.1, -0.05) is 6.92 Å². The highest BCUT2D eigenvalue weighted by molar-refractivity contribution is 6.00. The van der Waals surface area contributed by atoms with E-state index >= 15 is 0 Å². The molecule has 1 aromatic carbocycles. The topological polar surface area (TPSA) is 127 Å². The predicted molar refractivity (Wildman–Crippen MR) is 113 cm³/mol. The van der Waals surface area contributed by atoms with Crippen molar-refractivity contribution in [3.63, 3.8) is 0 Å². The van der Waals surface area contributed by atoms with Crippen LogP contribution >= 0.6 is 0 Å². The number of anilines is 1. The van der Waals surface area contributed by atoms with Gasteiger partial charge in [-0.2, -0.15) is 13.2 Å². The smallest absolute Gasteiger partial charge is 0.382 e. The monoisotopic (exact) mass is 463 g/mol. The van der Waals surface area contributed by atoms with Gasteiger partial charge in [-0.05, 0) is 23.8 Å². The first kappa shape index (κ1) is 23.6. The fraction of sp³-hybridized carbons (Fsp3) is 0.143. The number of nitrogen functional groups attached to an aromatic ring is 1. The second kappa shape index (κ2) is 9.18. The molecule has 0 amide bonds. The molecule has 2 heterocycles. The van der Waals surface area contributed by atoms with Crippen LogP contribution in [0.5, 0.6) is 0 Å². The van der Waals surface area contributed by atoms with Crippen LogP contribution in [-0.2, 0) is 6.18 Å². The number of nitrogens with two attached hydrogens (primary N) is 1. The third-order valence-electron chi connectivity index (χ3n) is 4.78. The highest BCUT2D eigenvalue weighted by atomic mass is 19.4. The number of rotatable bonds is 7. The zero-order valence-corrected chi connectivity index (χ0v) is 17.1. The van der Waals surface area contributed by atoms with Gasteiger partial charge in [0.05, 0.1) is 11.4 Å². The van der Waals surface area contributed by atoms with Crippen LogP contribution in [0.3, 0.4) is 0 Å². The van der Waals surface area contributed by atoms with Crippen molar-refractivity contribution in [2.24, 2.45) is 5.73 Å². The van der Waals surface area contributed by atoms with E-state index in [-0.39, 0.29) is 22.8 Å². The summed E-state index contributed by atoms with van der Waals surface area (Å²) in [5.41, 5.74) is 7.13. The molecule has 172 valence electrons. The normalized spacial score (nSPS) is 13.0. The van der Waals surface area contributed by atoms with Crippen molar-refractivity contribution in [3.8, 4) is 11.1 Å². The number of benzene rings is 1. The van der Waals surface area contributed by atoms with Gasteiger partial charge in [-0.3, -0.25) is 5.41 Å². The highest BCUT2D eigenvalue weighted by Crippen LogP contribution is 2.32. The molecule has 0 aliphatic heterocycles. The number of hydrogen-bond acceptors (Lipinski definition) is 5. The Balaban J connectivity index is 1.93. The third-order valence-corrected chi connectivity index (χ3v) is 4.78. The summed E-state index contributed by atoms with van der Waals surface area (Å²) in [7, 11) is 0. The van der Waals surface area contributed by atoms with Crippen LogP contribution in [0.1, 0.15) is 30.1 Å². The van der Waals surface area contributed by atoms with Crippen LogP contribution in [-0.4, -0.2) is 27.0 Å². The molecule has 0 saturated carbocycles. The quantitative estimate of drug-likeness (QED) is 0.196. The molecule has 0 aliphatic rings. The van der Waals surface area contributed by atoms with Crippen molar-refractivity contribution in [1.29, 1.82) is 10.8 Å². The van der Waals surface area contributed by atoms with Crippen molar-refractivity contribution in [2.45, 2.75) is 19.0 Å². The molecule has 3 aromatic rings. The summed E-state index contributed by atoms with van der Waals surface area (Å²) in [5, 5.41) is 18.2. The lowest BCUT2D eigenvalue weighted by Gasteiger charge is -2.12. The van der Waals surface area contributed by atoms with Gasteiger partial charge in [-0.15, -0.1) is 0 Å². The zero-order valence-electron chi connectivity index (χ0n) is 17.1. The minimum absolute atomic E-state index is 0.00135. The van der Waals surface area contributed by atoms with Gasteiger partial charge in [0.25, 0.3) is 0 Å². The number of nitrogens with zero attached hydrogens (tertiary/aromatic N) is 2. The SMILES string of the molecule is CC(/C(C=N)=C/Nc1ccc(F)cc1F)c1cc(-c2cnc(C(F)(F)F)nc2)c(C(=N)N)[nH]1. The van der Waals surface area contributed by atoms with Crippen LogP contribution < -0.4 is 11.1 Å². The van der Waals surface area contributed by atoms with Crippen molar-refractivity contribution < 1.29 is 22.0 Å². The molecule has 3 rings (SSSR count). The first-order valence-corrected chi connectivity index (χ1v) is 9.40. The lowest BCUT2D eigenvalue weighted by Crippen LogP contribution is -2.14. The minimum Gasteiger partial charge on any atom is -0.382 e. The Kier molecular flexibility index (Phi) is 6.56. The van der Waals surface area contributed by atoms with E-state index < -0.39 is 29.6 Å². The van der Waals surface area contributed by atoms with Crippen LogP contribution in [0.15, 0.2) is 48.4 Å². The fourth-order valence-corrected chi connectivity index (χ4v) is 3.00. The summed E-state index contributed by atoms with van der Waals surface area (Å²) in [6.45, 7) is 1.71. The largest absolute Gasteiger partial charge is 0.451 e. The van der Waals surface area contributed by atoms with Crippen LogP contribution in [0.25, 0.3) is 11.1 Å². The van der Waals surface area contributed by atoms with Gasteiger partial charge in [0.1, 0.15) is 17.5 Å². The van der Waals surface area contributed by atoms with E-state index in [1.54, 1.807) is 13.0 Å². The van der Waals surface area contributed by atoms with Crippen molar-refractivity contribution in [2.75, 3.05) is 5.32 Å². The number of amidine groups is 1. The maximum Gasteiger partial charge on any atom is 0.451 e. The van der Waals surface area contributed by atoms with Crippen molar-refractivity contribution in [1.82, 2.24) is 15.0 Å². The maximum atomic E-state index is 13.8. The zero-order chi connectivity index (χ0) is 24.3. The Hall–Kier alpha value is -4.09. The first-order valence-electron chi connectivity index (χ1n) is 9.40. The summed E-state index contributed by atoms with van der Waals surface area (Å²) < 4.78 is 65.2. The summed E-state index contributed by atoms with van der Waals surface area (Å²) in [5.74, 6) is -3.71. The van der Waals surface area contributed by atoms with Crippen molar-refractivity contribution >= 4 is 17.7 Å². The molecule has 2 aromatic heterocycles. The summed E-state index contributed by atoms with van der Waals surface area (Å²) in [4.78, 5) is 9.59. The van der Waals surface area contributed by atoms with Gasteiger partial charge in [0, 0.05) is 53.6 Å². The number of hydrogen-bond donors (Lipinski definition) is 5.